The summed E-state index contributed by atoms with van der Waals surface area (Å²) in [6.07, 6.45) is 4.64. The Morgan fingerprint density at radius 1 is 1.24 bits per heavy atom. The largest absolute Gasteiger partial charge is 0.308 e. The molecule has 1 saturated carbocycles. The first kappa shape index (κ1) is 16.8. The molecule has 120 valence electrons. The van der Waals surface area contributed by atoms with Crippen molar-refractivity contribution in [2.24, 2.45) is 17.9 Å². The average Bonchev–Trinajstić information content (AvgIpc) is 2.58. The zero-order valence-corrected chi connectivity index (χ0v) is 15.1. The highest BCUT2D eigenvalue weighted by molar-refractivity contribution is 6.31. The van der Waals surface area contributed by atoms with Crippen molar-refractivity contribution in [1.29, 1.82) is 0 Å². The molecule has 0 unspecified atom stereocenters. The van der Waals surface area contributed by atoms with E-state index in [0.29, 0.717) is 16.9 Å². The lowest BCUT2D eigenvalue weighted by molar-refractivity contribution is 0.0842. The van der Waals surface area contributed by atoms with Crippen LogP contribution in [0.25, 0.3) is 0 Å². The van der Waals surface area contributed by atoms with E-state index in [4.69, 9.17) is 11.6 Å². The van der Waals surface area contributed by atoms with E-state index in [2.05, 4.69) is 45.0 Å². The maximum atomic E-state index is 6.44. The molecule has 1 N–H and O–H groups in total. The van der Waals surface area contributed by atoms with Gasteiger partial charge in [0.05, 0.1) is 16.4 Å². The molecule has 1 aromatic heterocycles. The van der Waals surface area contributed by atoms with E-state index >= 15 is 0 Å². The molecule has 0 radical (unpaired) electrons. The second-order valence-electron chi connectivity index (χ2n) is 8.18. The van der Waals surface area contributed by atoms with Gasteiger partial charge < -0.3 is 5.32 Å². The van der Waals surface area contributed by atoms with Gasteiger partial charge in [0.15, 0.2) is 0 Å². The summed E-state index contributed by atoms with van der Waals surface area (Å²) in [4.78, 5) is 0. The molecule has 1 aliphatic carbocycles. The van der Waals surface area contributed by atoms with Gasteiger partial charge >= 0.3 is 0 Å². The number of halogens is 1. The molecule has 21 heavy (non-hydrogen) atoms. The van der Waals surface area contributed by atoms with Crippen molar-refractivity contribution in [3.8, 4) is 0 Å². The minimum absolute atomic E-state index is 0.407. The summed E-state index contributed by atoms with van der Waals surface area (Å²) in [5, 5.41) is 9.05. The van der Waals surface area contributed by atoms with Crippen LogP contribution < -0.4 is 5.32 Å². The van der Waals surface area contributed by atoms with E-state index in [-0.39, 0.29) is 0 Å². The Balaban J connectivity index is 2.04. The van der Waals surface area contributed by atoms with E-state index < -0.39 is 0 Å². The minimum Gasteiger partial charge on any atom is -0.308 e. The molecule has 0 saturated heterocycles. The Morgan fingerprint density at radius 2 is 1.81 bits per heavy atom. The van der Waals surface area contributed by atoms with Gasteiger partial charge in [-0.15, -0.1) is 0 Å². The molecule has 0 bridgehead atoms. The van der Waals surface area contributed by atoms with E-state index in [1.54, 1.807) is 0 Å². The molecule has 0 spiro atoms. The number of nitrogens with one attached hydrogen (secondary N) is 1. The Kier molecular flexibility index (Phi) is 4.75. The van der Waals surface area contributed by atoms with Crippen LogP contribution in [0.15, 0.2) is 0 Å². The van der Waals surface area contributed by atoms with Gasteiger partial charge in [0.25, 0.3) is 0 Å². The van der Waals surface area contributed by atoms with E-state index in [9.17, 15) is 0 Å². The molecule has 0 aromatic carbocycles. The maximum Gasteiger partial charge on any atom is 0.0863 e. The van der Waals surface area contributed by atoms with Crippen molar-refractivity contribution in [3.05, 3.63) is 16.4 Å². The van der Waals surface area contributed by atoms with Crippen LogP contribution in [0.5, 0.6) is 0 Å². The zero-order valence-electron chi connectivity index (χ0n) is 14.4. The van der Waals surface area contributed by atoms with Gasteiger partial charge in [-0.1, -0.05) is 46.2 Å². The van der Waals surface area contributed by atoms with Crippen LogP contribution in [0.4, 0.5) is 0 Å². The molecular weight excluding hydrogens is 282 g/mol. The first-order valence-electron chi connectivity index (χ1n) is 8.07. The Labute approximate surface area is 134 Å². The predicted molar refractivity (Wildman–Crippen MR) is 89.6 cm³/mol. The maximum absolute atomic E-state index is 6.44. The van der Waals surface area contributed by atoms with Crippen LogP contribution in [0.1, 0.15) is 65.3 Å². The summed E-state index contributed by atoms with van der Waals surface area (Å²) in [7, 11) is 1.98. The fraction of sp³-hybridized carbons (Fsp3) is 0.824. The normalized spacial score (nSPS) is 21.7. The lowest BCUT2D eigenvalue weighted by Crippen LogP contribution is -2.43. The number of hydrogen-bond acceptors (Lipinski definition) is 2. The fourth-order valence-electron chi connectivity index (χ4n) is 4.24. The van der Waals surface area contributed by atoms with Gasteiger partial charge in [0, 0.05) is 19.6 Å². The van der Waals surface area contributed by atoms with Gasteiger partial charge in [-0.25, -0.2) is 0 Å². The molecule has 4 heteroatoms. The van der Waals surface area contributed by atoms with E-state index in [1.807, 2.05) is 11.7 Å². The van der Waals surface area contributed by atoms with E-state index in [1.165, 1.54) is 19.3 Å². The summed E-state index contributed by atoms with van der Waals surface area (Å²) in [5.74, 6) is 0. The Bertz CT molecular complexity index is 486. The molecule has 2 rings (SSSR count). The fourth-order valence-corrected chi connectivity index (χ4v) is 4.60. The lowest BCUT2D eigenvalue weighted by Gasteiger charge is -2.45. The summed E-state index contributed by atoms with van der Waals surface area (Å²) in [6, 6.07) is 0.555. The predicted octanol–water partition coefficient (Wildman–Crippen LogP) is 4.33. The van der Waals surface area contributed by atoms with Crippen molar-refractivity contribution < 1.29 is 0 Å². The van der Waals surface area contributed by atoms with Crippen molar-refractivity contribution in [1.82, 2.24) is 15.1 Å². The number of aryl methyl sites for hydroxylation is 2. The first-order chi connectivity index (χ1) is 9.63. The van der Waals surface area contributed by atoms with Crippen molar-refractivity contribution in [2.75, 3.05) is 0 Å². The minimum atomic E-state index is 0.407. The highest BCUT2D eigenvalue weighted by atomic mass is 35.5. The monoisotopic (exact) mass is 311 g/mol. The molecule has 1 heterocycles. The number of aromatic nitrogens is 2. The van der Waals surface area contributed by atoms with Gasteiger partial charge in [0.2, 0.25) is 0 Å². The lowest BCUT2D eigenvalue weighted by atomic mass is 9.63. The molecule has 1 aliphatic rings. The molecule has 0 aliphatic heterocycles. The standard InChI is InChI=1S/C17H30ClN3/c1-7-13-15(18)14(21(6)20-13)10-19-12-8-16(2,3)11-17(4,5)9-12/h12,19H,7-11H2,1-6H3. The quantitative estimate of drug-likeness (QED) is 0.897. The number of nitrogens with zero attached hydrogens (tertiary/aromatic N) is 2. The SMILES string of the molecule is CCc1nn(C)c(CNC2CC(C)(C)CC(C)(C)C2)c1Cl. The first-order valence-corrected chi connectivity index (χ1v) is 8.45. The highest BCUT2D eigenvalue weighted by Gasteiger charge is 2.38. The second-order valence-corrected chi connectivity index (χ2v) is 8.55. The third-order valence-electron chi connectivity index (χ3n) is 4.62. The third kappa shape index (κ3) is 4.01. The van der Waals surface area contributed by atoms with Crippen LogP contribution in [0, 0.1) is 10.8 Å². The van der Waals surface area contributed by atoms with Crippen molar-refractivity contribution in [2.45, 2.75) is 72.9 Å². The van der Waals surface area contributed by atoms with Crippen molar-refractivity contribution >= 4 is 11.6 Å². The Hall–Kier alpha value is -0.540. The van der Waals surface area contributed by atoms with Crippen LogP contribution in [0.3, 0.4) is 0 Å². The van der Waals surface area contributed by atoms with Gasteiger partial charge in [-0.2, -0.15) is 5.10 Å². The van der Waals surface area contributed by atoms with Gasteiger partial charge in [-0.05, 0) is 36.5 Å². The van der Waals surface area contributed by atoms with Crippen LogP contribution >= 0.6 is 11.6 Å². The summed E-state index contributed by atoms with van der Waals surface area (Å²) in [5.41, 5.74) is 2.92. The molecular formula is C17H30ClN3. The molecule has 0 atom stereocenters. The topological polar surface area (TPSA) is 29.9 Å². The van der Waals surface area contributed by atoms with E-state index in [0.717, 1.165) is 29.4 Å². The Morgan fingerprint density at radius 3 is 2.29 bits per heavy atom. The molecule has 1 fully saturated rings. The molecule has 0 amide bonds. The number of rotatable bonds is 4. The highest BCUT2D eigenvalue weighted by Crippen LogP contribution is 2.45. The second kappa shape index (κ2) is 5.92. The smallest absolute Gasteiger partial charge is 0.0863 e. The number of hydrogen-bond donors (Lipinski definition) is 1. The van der Waals surface area contributed by atoms with Gasteiger partial charge in [-0.3, -0.25) is 4.68 Å². The zero-order chi connectivity index (χ0) is 15.8. The van der Waals surface area contributed by atoms with Crippen molar-refractivity contribution in [3.63, 3.8) is 0 Å². The van der Waals surface area contributed by atoms with Crippen LogP contribution in [-0.2, 0) is 20.0 Å². The summed E-state index contributed by atoms with van der Waals surface area (Å²) >= 11 is 6.44. The molecule has 1 aromatic rings. The third-order valence-corrected chi connectivity index (χ3v) is 5.05. The summed E-state index contributed by atoms with van der Waals surface area (Å²) in [6.45, 7) is 12.4. The summed E-state index contributed by atoms with van der Waals surface area (Å²) < 4.78 is 1.92. The average molecular weight is 312 g/mol. The van der Waals surface area contributed by atoms with Crippen LogP contribution in [0.2, 0.25) is 5.02 Å². The molecule has 3 nitrogen and oxygen atoms in total. The van der Waals surface area contributed by atoms with Crippen LogP contribution in [-0.4, -0.2) is 15.8 Å². The van der Waals surface area contributed by atoms with Gasteiger partial charge in [0.1, 0.15) is 0 Å².